The largest absolute Gasteiger partial charge is 0.324 e. The van der Waals surface area contributed by atoms with Gasteiger partial charge in [0.15, 0.2) is 11.6 Å². The van der Waals surface area contributed by atoms with E-state index in [0.717, 1.165) is 13.0 Å². The predicted octanol–water partition coefficient (Wildman–Crippen LogP) is 6.61. The molecule has 71 heavy (non-hydrogen) atoms. The summed E-state index contributed by atoms with van der Waals surface area (Å²) >= 11 is 0.640. The fourth-order valence-electron chi connectivity index (χ4n) is 6.93. The number of nitrogens with one attached hydrogen (secondary N) is 6. The average Bonchev–Trinajstić information content (AvgIpc) is 3.86. The first-order valence-corrected chi connectivity index (χ1v) is 23.8. The zero-order chi connectivity index (χ0) is 51.4. The van der Waals surface area contributed by atoms with Crippen molar-refractivity contribution in [3.63, 3.8) is 0 Å². The zero-order valence-corrected chi connectivity index (χ0v) is 39.1. The quantitative estimate of drug-likeness (QED) is 0.0130. The highest BCUT2D eigenvalue weighted by molar-refractivity contribution is 7.94. The van der Waals surface area contributed by atoms with Crippen LogP contribution in [-0.2, 0) is 48.8 Å². The number of Topliss-reactive ketones (excluding diaryl/α,β-unsaturated/α-hetero) is 2. The lowest BCUT2D eigenvalue weighted by atomic mass is 10.0. The number of carbonyl (C=O) groups excluding carboxylic acids is 4. The van der Waals surface area contributed by atoms with Gasteiger partial charge in [-0.1, -0.05) is 17.2 Å². The van der Waals surface area contributed by atoms with Gasteiger partial charge in [0.25, 0.3) is 32.1 Å². The fraction of sp³-hybridized carbons (Fsp3) is 0.116. The van der Waals surface area contributed by atoms with Gasteiger partial charge in [-0.2, -0.15) is 37.3 Å². The number of azo groups is 2. The molecule has 366 valence electrons. The van der Waals surface area contributed by atoms with Crippen LogP contribution in [0.4, 0.5) is 22.7 Å². The van der Waals surface area contributed by atoms with E-state index in [1.54, 1.807) is 49.4 Å². The van der Waals surface area contributed by atoms with Crippen LogP contribution in [0.15, 0.2) is 142 Å². The summed E-state index contributed by atoms with van der Waals surface area (Å²) in [6.45, 7) is 4.03. The number of benzene rings is 6. The third-order valence-corrected chi connectivity index (χ3v) is 12.4. The maximum Gasteiger partial charge on any atom is 0.323 e. The monoisotopic (exact) mass is 1030 g/mol. The molecule has 0 fully saturated rings. The molecule has 2 atom stereocenters. The van der Waals surface area contributed by atoms with E-state index in [-0.39, 0.29) is 22.0 Å². The molecule has 6 aromatic carbocycles. The molecule has 2 heterocycles. The van der Waals surface area contributed by atoms with Crippen LogP contribution in [0.3, 0.4) is 0 Å². The van der Waals surface area contributed by atoms with Crippen LogP contribution < -0.4 is 22.0 Å². The minimum Gasteiger partial charge on any atom is -0.324 e. The van der Waals surface area contributed by atoms with Crippen LogP contribution in [0.5, 0.6) is 0 Å². The van der Waals surface area contributed by atoms with E-state index in [2.05, 4.69) is 60.4 Å². The van der Waals surface area contributed by atoms with E-state index >= 15 is 0 Å². The van der Waals surface area contributed by atoms with Gasteiger partial charge in [-0.3, -0.25) is 28.3 Å². The van der Waals surface area contributed by atoms with Gasteiger partial charge < -0.3 is 30.6 Å². The van der Waals surface area contributed by atoms with E-state index in [1.165, 1.54) is 55.5 Å². The SMILES string of the molecule is CC(=O)C(N=Nc1cc(S(=O)(=O)O)cc2cc(SOOO)cc(C)c12)C(=O)Nc1ccc2[nH]c(=O)[nH]c2c1.CC(=O)C(N=Nc1ccc2cc(S(=O)(=O)O)ccc2c1)C(=O)Nc1ccc2[nH]c(=O)[nH]c2c1. The summed E-state index contributed by atoms with van der Waals surface area (Å²) in [5, 5.41) is 34.7. The van der Waals surface area contributed by atoms with E-state index < -0.39 is 66.3 Å². The topological polar surface area (TPSA) is 387 Å². The van der Waals surface area contributed by atoms with Gasteiger partial charge in [-0.25, -0.2) is 14.8 Å². The smallest absolute Gasteiger partial charge is 0.323 e. The molecule has 9 N–H and O–H groups in total. The Balaban J connectivity index is 0.000000211. The number of aromatic nitrogens is 4. The lowest BCUT2D eigenvalue weighted by Crippen LogP contribution is -2.31. The van der Waals surface area contributed by atoms with E-state index in [1.807, 2.05) is 0 Å². The van der Waals surface area contributed by atoms with Crippen molar-refractivity contribution >= 4 is 122 Å². The van der Waals surface area contributed by atoms with Gasteiger partial charge in [0.05, 0.1) is 55.3 Å². The number of ketones is 2. The average molecular weight is 1030 g/mol. The minimum absolute atomic E-state index is 0.0335. The van der Waals surface area contributed by atoms with Crippen LogP contribution in [0.1, 0.15) is 19.4 Å². The van der Waals surface area contributed by atoms with Crippen molar-refractivity contribution in [1.29, 1.82) is 0 Å². The number of hydrogen-bond acceptors (Lipinski definition) is 18. The number of amides is 2. The Morgan fingerprint density at radius 2 is 1.11 bits per heavy atom. The molecule has 25 nitrogen and oxygen atoms in total. The number of nitrogens with zero attached hydrogens (tertiary/aromatic N) is 4. The summed E-state index contributed by atoms with van der Waals surface area (Å²) in [5.41, 5.74) is 2.74. The molecular formula is C43H36N10O15S3. The summed E-state index contributed by atoms with van der Waals surface area (Å²) in [6.07, 6.45) is 0. The molecule has 2 amide bonds. The minimum atomic E-state index is -4.67. The summed E-state index contributed by atoms with van der Waals surface area (Å²) in [4.78, 5) is 82.6. The Bertz CT molecular complexity index is 3870. The van der Waals surface area contributed by atoms with Crippen molar-refractivity contribution < 1.29 is 59.7 Å². The van der Waals surface area contributed by atoms with Gasteiger partial charge in [0, 0.05) is 21.7 Å². The van der Waals surface area contributed by atoms with E-state index in [9.17, 15) is 50.2 Å². The number of fused-ring (bicyclic) bond motifs is 4. The molecule has 8 aromatic rings. The molecule has 0 bridgehead atoms. The second-order valence-electron chi connectivity index (χ2n) is 15.3. The molecule has 2 unspecified atom stereocenters. The van der Waals surface area contributed by atoms with Gasteiger partial charge in [-0.15, -0.1) is 4.33 Å². The Hall–Kier alpha value is -8.09. The summed E-state index contributed by atoms with van der Waals surface area (Å²) in [7, 11) is -8.99. The van der Waals surface area contributed by atoms with E-state index in [4.69, 9.17) is 9.81 Å². The number of H-pyrrole nitrogens is 4. The summed E-state index contributed by atoms with van der Waals surface area (Å²) in [5.74, 6) is -2.67. The molecule has 0 aliphatic heterocycles. The zero-order valence-electron chi connectivity index (χ0n) is 36.6. The number of imidazole rings is 2. The number of anilines is 2. The van der Waals surface area contributed by atoms with Crippen LogP contribution in [0.25, 0.3) is 43.6 Å². The first-order chi connectivity index (χ1) is 33.6. The van der Waals surface area contributed by atoms with Crippen LogP contribution in [0.2, 0.25) is 0 Å². The molecule has 28 heteroatoms. The molecule has 0 radical (unpaired) electrons. The number of aromatic amines is 4. The van der Waals surface area contributed by atoms with Crippen LogP contribution >= 0.6 is 12.0 Å². The summed E-state index contributed by atoms with van der Waals surface area (Å²) < 4.78 is 69.5. The van der Waals surface area contributed by atoms with Gasteiger partial charge in [0.1, 0.15) is 0 Å². The first kappa shape index (κ1) is 50.8. The van der Waals surface area contributed by atoms with Crippen molar-refractivity contribution in [3.8, 4) is 0 Å². The fourth-order valence-corrected chi connectivity index (χ4v) is 8.49. The maximum absolute atomic E-state index is 12.9. The molecule has 0 aliphatic rings. The van der Waals surface area contributed by atoms with E-state index in [0.29, 0.717) is 77.5 Å². The normalized spacial score (nSPS) is 12.9. The second-order valence-corrected chi connectivity index (χ2v) is 18.9. The Kier molecular flexibility index (Phi) is 14.9. The van der Waals surface area contributed by atoms with Gasteiger partial charge >= 0.3 is 11.4 Å². The highest BCUT2D eigenvalue weighted by Gasteiger charge is 2.25. The molecule has 8 rings (SSSR count). The van der Waals surface area contributed by atoms with Crippen molar-refractivity contribution in [1.82, 2.24) is 19.9 Å². The third-order valence-electron chi connectivity index (χ3n) is 10.1. The van der Waals surface area contributed by atoms with Crippen molar-refractivity contribution in [2.45, 2.75) is 47.5 Å². The van der Waals surface area contributed by atoms with Crippen LogP contribution in [-0.4, -0.2) is 86.6 Å². The number of aryl methyl sites for hydroxylation is 1. The Morgan fingerprint density at radius 3 is 1.65 bits per heavy atom. The number of rotatable bonds is 15. The molecule has 0 aliphatic carbocycles. The van der Waals surface area contributed by atoms with Crippen LogP contribution in [0, 0.1) is 6.92 Å². The standard InChI is InChI=1S/C22H19N5O9S2.C21H17N5O6S/c1-10-5-14(37-36-35-31)6-12-7-15(38(32,33)34)9-18(19(10)12)26-27-20(11(2)28)21(29)23-13-3-4-16-17(8-13)25-22(30)24-16;1-11(27)19(20(28)22-14-5-7-17-18(10-14)24-21(29)23-17)26-25-15-4-2-13-9-16(33(30,31)32)6-3-12(13)8-15/h3-9,20,31H,1-2H3,(H,23,29)(H2,24,25,30)(H,32,33,34);2-10,19H,1H3,(H,22,28)(H2,23,24,29)(H,30,31,32). The highest BCUT2D eigenvalue weighted by atomic mass is 32.2. The third kappa shape index (κ3) is 12.4. The summed E-state index contributed by atoms with van der Waals surface area (Å²) in [6, 6.07) is 20.4. The Morgan fingerprint density at radius 1 is 0.606 bits per heavy atom. The number of carbonyl (C=O) groups is 4. The van der Waals surface area contributed by atoms with Gasteiger partial charge in [0.2, 0.25) is 12.1 Å². The predicted molar refractivity (Wildman–Crippen MR) is 256 cm³/mol. The van der Waals surface area contributed by atoms with Gasteiger partial charge in [-0.05, 0) is 127 Å². The molecule has 0 saturated heterocycles. The lowest BCUT2D eigenvalue weighted by molar-refractivity contribution is -0.432. The van der Waals surface area contributed by atoms with Crippen molar-refractivity contribution in [2.75, 3.05) is 10.6 Å². The van der Waals surface area contributed by atoms with Crippen molar-refractivity contribution in [2.24, 2.45) is 20.5 Å². The first-order valence-electron chi connectivity index (χ1n) is 20.2. The second kappa shape index (κ2) is 20.9. The molecule has 0 spiro atoms. The number of hydrogen-bond donors (Lipinski definition) is 9. The molecule has 0 saturated carbocycles. The molecular weight excluding hydrogens is 993 g/mol. The highest BCUT2D eigenvalue weighted by Crippen LogP contribution is 2.36. The van der Waals surface area contributed by atoms with Crippen molar-refractivity contribution in [3.05, 3.63) is 124 Å². The maximum atomic E-state index is 12.9. The molecule has 2 aromatic heterocycles. The Labute approximate surface area is 402 Å². The lowest BCUT2D eigenvalue weighted by Gasteiger charge is -2.12.